The number of rotatable bonds is 7. The number of aryl methyl sites for hydroxylation is 1. The number of thiophene rings is 1. The van der Waals surface area contributed by atoms with Gasteiger partial charge in [-0.1, -0.05) is 12.1 Å². The van der Waals surface area contributed by atoms with Crippen LogP contribution in [0.5, 0.6) is 17.2 Å². The molecule has 2 aliphatic rings. The molecule has 202 valence electrons. The predicted octanol–water partition coefficient (Wildman–Crippen LogP) is 5.48. The molecular weight excluding hydrogens is 514 g/mol. The number of carbonyl (C=O) groups excluding carboxylic acids is 2. The molecule has 1 aliphatic heterocycles. The Hall–Kier alpha value is -4.11. The minimum atomic E-state index is -0.642. The molecule has 39 heavy (non-hydrogen) atoms. The summed E-state index contributed by atoms with van der Waals surface area (Å²) in [5.41, 5.74) is 4.03. The van der Waals surface area contributed by atoms with E-state index in [4.69, 9.17) is 14.2 Å². The van der Waals surface area contributed by atoms with Crippen molar-refractivity contribution in [1.82, 2.24) is 10.3 Å². The van der Waals surface area contributed by atoms with Crippen LogP contribution >= 0.6 is 11.3 Å². The maximum atomic E-state index is 13.9. The largest absolute Gasteiger partial charge is 0.493 e. The molecule has 3 aromatic rings. The van der Waals surface area contributed by atoms with Gasteiger partial charge in [0.2, 0.25) is 5.75 Å². The summed E-state index contributed by atoms with van der Waals surface area (Å²) < 4.78 is 16.8. The molecule has 9 heteroatoms. The molecule has 1 amide bonds. The lowest BCUT2D eigenvalue weighted by atomic mass is 9.72. The van der Waals surface area contributed by atoms with E-state index in [2.05, 4.69) is 21.7 Å². The topological polar surface area (TPSA) is 98.8 Å². The fourth-order valence-corrected chi connectivity index (χ4v) is 6.29. The first-order chi connectivity index (χ1) is 18.8. The number of ether oxygens (including phenoxy) is 3. The first-order valence-electron chi connectivity index (χ1n) is 12.7. The number of ketones is 1. The normalized spacial score (nSPS) is 18.8. The lowest BCUT2D eigenvalue weighted by Gasteiger charge is -2.37. The lowest BCUT2D eigenvalue weighted by molar-refractivity contribution is -0.116. The number of amides is 1. The van der Waals surface area contributed by atoms with E-state index in [-0.39, 0.29) is 17.6 Å². The molecule has 0 saturated heterocycles. The Balaban J connectivity index is 1.65. The molecule has 0 bridgehead atoms. The Kier molecular flexibility index (Phi) is 7.43. The fraction of sp³-hybridized carbons (Fsp3) is 0.300. The van der Waals surface area contributed by atoms with Crippen molar-refractivity contribution in [2.45, 2.75) is 38.5 Å². The Morgan fingerprint density at radius 2 is 1.77 bits per heavy atom. The van der Waals surface area contributed by atoms with Gasteiger partial charge in [0.25, 0.3) is 5.91 Å². The number of dihydropyridines is 1. The maximum Gasteiger partial charge on any atom is 0.255 e. The number of Topliss-reactive ketones (excluding diaryl/α,β-unsaturated/α-hetero) is 1. The highest BCUT2D eigenvalue weighted by molar-refractivity contribution is 7.10. The van der Waals surface area contributed by atoms with E-state index < -0.39 is 5.92 Å². The second kappa shape index (κ2) is 10.9. The van der Waals surface area contributed by atoms with Crippen LogP contribution in [0.4, 0.5) is 5.82 Å². The zero-order valence-electron chi connectivity index (χ0n) is 22.6. The van der Waals surface area contributed by atoms with Crippen LogP contribution in [-0.2, 0) is 9.59 Å². The van der Waals surface area contributed by atoms with Crippen molar-refractivity contribution in [1.29, 1.82) is 0 Å². The molecule has 1 aliphatic carbocycles. The second-order valence-corrected chi connectivity index (χ2v) is 10.6. The van der Waals surface area contributed by atoms with E-state index in [1.807, 2.05) is 49.6 Å². The number of nitrogens with zero attached hydrogens (tertiary/aromatic N) is 1. The van der Waals surface area contributed by atoms with Crippen LogP contribution < -0.4 is 24.8 Å². The van der Waals surface area contributed by atoms with Crippen molar-refractivity contribution in [3.05, 3.63) is 86.5 Å². The van der Waals surface area contributed by atoms with Crippen molar-refractivity contribution in [3.8, 4) is 17.2 Å². The van der Waals surface area contributed by atoms with E-state index >= 15 is 0 Å². The number of methoxy groups -OCH3 is 3. The van der Waals surface area contributed by atoms with Gasteiger partial charge in [-0.05, 0) is 61.5 Å². The molecule has 2 atom stereocenters. The number of carbonyl (C=O) groups is 2. The quantitative estimate of drug-likeness (QED) is 0.406. The van der Waals surface area contributed by atoms with Crippen LogP contribution in [0.2, 0.25) is 0 Å². The molecule has 3 heterocycles. The number of nitrogens with one attached hydrogen (secondary N) is 2. The smallest absolute Gasteiger partial charge is 0.255 e. The van der Waals surface area contributed by atoms with Gasteiger partial charge in [-0.2, -0.15) is 0 Å². The van der Waals surface area contributed by atoms with Crippen molar-refractivity contribution in [2.75, 3.05) is 26.6 Å². The Morgan fingerprint density at radius 1 is 1.03 bits per heavy atom. The van der Waals surface area contributed by atoms with Gasteiger partial charge < -0.3 is 24.8 Å². The highest BCUT2D eigenvalue weighted by Crippen LogP contribution is 2.49. The minimum absolute atomic E-state index is 0.00684. The number of aromatic nitrogens is 1. The number of benzene rings is 1. The third-order valence-corrected chi connectivity index (χ3v) is 8.20. The summed E-state index contributed by atoms with van der Waals surface area (Å²) in [6, 6.07) is 13.2. The van der Waals surface area contributed by atoms with Crippen LogP contribution in [0.1, 0.15) is 47.7 Å². The van der Waals surface area contributed by atoms with E-state index in [1.165, 1.54) is 4.88 Å². The van der Waals surface area contributed by atoms with Crippen molar-refractivity contribution in [2.24, 2.45) is 0 Å². The zero-order chi connectivity index (χ0) is 27.7. The summed E-state index contributed by atoms with van der Waals surface area (Å²) in [6.07, 6.45) is 1.05. The zero-order valence-corrected chi connectivity index (χ0v) is 23.4. The van der Waals surface area contributed by atoms with E-state index in [0.717, 1.165) is 11.4 Å². The third-order valence-electron chi connectivity index (χ3n) is 7.17. The molecule has 0 unspecified atom stereocenters. The van der Waals surface area contributed by atoms with Gasteiger partial charge in [0.15, 0.2) is 17.3 Å². The molecular formula is C30H31N3O5S. The van der Waals surface area contributed by atoms with Gasteiger partial charge in [0.05, 0.1) is 21.3 Å². The Labute approximate surface area is 231 Å². The average molecular weight is 546 g/mol. The highest BCUT2D eigenvalue weighted by atomic mass is 32.1. The van der Waals surface area contributed by atoms with Crippen LogP contribution in [0, 0.1) is 6.92 Å². The van der Waals surface area contributed by atoms with Gasteiger partial charge >= 0.3 is 0 Å². The molecule has 5 rings (SSSR count). The van der Waals surface area contributed by atoms with Gasteiger partial charge in [-0.3, -0.25) is 9.59 Å². The minimum Gasteiger partial charge on any atom is -0.493 e. The summed E-state index contributed by atoms with van der Waals surface area (Å²) in [4.78, 5) is 33.4. The van der Waals surface area contributed by atoms with Gasteiger partial charge in [-0.15, -0.1) is 11.3 Å². The molecule has 0 saturated carbocycles. The van der Waals surface area contributed by atoms with Crippen molar-refractivity contribution in [3.63, 3.8) is 0 Å². The summed E-state index contributed by atoms with van der Waals surface area (Å²) >= 11 is 1.66. The number of hydrogen-bond donors (Lipinski definition) is 2. The molecule has 0 spiro atoms. The number of pyridine rings is 1. The second-order valence-electron chi connectivity index (χ2n) is 9.61. The molecule has 1 aromatic carbocycles. The monoisotopic (exact) mass is 545 g/mol. The van der Waals surface area contributed by atoms with Crippen molar-refractivity contribution >= 4 is 28.8 Å². The fourth-order valence-electron chi connectivity index (χ4n) is 5.46. The number of anilines is 1. The van der Waals surface area contributed by atoms with E-state index in [0.29, 0.717) is 58.3 Å². The summed E-state index contributed by atoms with van der Waals surface area (Å²) in [7, 11) is 4.63. The van der Waals surface area contributed by atoms with Gasteiger partial charge in [0.1, 0.15) is 5.82 Å². The van der Waals surface area contributed by atoms with E-state index in [9.17, 15) is 9.59 Å². The molecule has 8 nitrogen and oxygen atoms in total. The molecule has 2 N–H and O–H groups in total. The first-order valence-corrected chi connectivity index (χ1v) is 13.5. The summed E-state index contributed by atoms with van der Waals surface area (Å²) in [5, 5.41) is 8.39. The van der Waals surface area contributed by atoms with Crippen LogP contribution in [0.3, 0.4) is 0 Å². The molecule has 0 radical (unpaired) electrons. The third kappa shape index (κ3) is 5.02. The molecule has 2 aromatic heterocycles. The molecule has 0 fully saturated rings. The van der Waals surface area contributed by atoms with Crippen LogP contribution in [-0.4, -0.2) is 38.0 Å². The average Bonchev–Trinajstić information content (AvgIpc) is 3.46. The number of allylic oxidation sites excluding steroid dienone is 3. The highest BCUT2D eigenvalue weighted by Gasteiger charge is 2.41. The van der Waals surface area contributed by atoms with E-state index in [1.54, 1.807) is 38.7 Å². The lowest BCUT2D eigenvalue weighted by Crippen LogP contribution is -2.37. The summed E-state index contributed by atoms with van der Waals surface area (Å²) in [6.45, 7) is 3.73. The first kappa shape index (κ1) is 26.5. The van der Waals surface area contributed by atoms with Crippen LogP contribution in [0.25, 0.3) is 0 Å². The van der Waals surface area contributed by atoms with Gasteiger partial charge in [0, 0.05) is 51.4 Å². The maximum absolute atomic E-state index is 13.9. The van der Waals surface area contributed by atoms with Crippen LogP contribution in [0.15, 0.2) is 70.4 Å². The standard InChI is InChI=1S/C30H31N3O5S/c1-16-8-6-10-25(31-16)33-30(35)26-17(2)32-20-12-18(24-9-7-11-39-24)13-21(34)28(20)27(26)19-14-22(36-3)29(38-5)23(15-19)37-4/h6-11,14-15,18,27,32H,12-13H2,1-5H3,(H,31,33,35)/t18-,27+/m0/s1. The number of hydrogen-bond acceptors (Lipinski definition) is 8. The predicted molar refractivity (Wildman–Crippen MR) is 151 cm³/mol. The SMILES string of the molecule is COc1cc([C@@H]2C(C(=O)Nc3cccc(C)n3)=C(C)NC3=C2C(=O)C[C@@H](c2cccs2)C3)cc(OC)c1OC. The van der Waals surface area contributed by atoms with Crippen molar-refractivity contribution < 1.29 is 23.8 Å². The Morgan fingerprint density at radius 3 is 2.38 bits per heavy atom. The summed E-state index contributed by atoms with van der Waals surface area (Å²) in [5.74, 6) is 0.895. The Bertz CT molecular complexity index is 1470. The van der Waals surface area contributed by atoms with Gasteiger partial charge in [-0.25, -0.2) is 4.98 Å².